The molecule has 0 amide bonds. The van der Waals surface area contributed by atoms with Crippen molar-refractivity contribution >= 4 is 12.3 Å². The van der Waals surface area contributed by atoms with E-state index in [4.69, 9.17) is 10.2 Å². The Kier molecular flexibility index (Phi) is 27.1. The standard InChI is InChI=1S/C18H22N4O3.3C2H6.CH4O/c1-2-13(20-11-15-5-3-7-16(12-23)21-15)9-19-10-14-6-4-8-17(22-14)18(24)25;4*1-2/h3-8,12-13,19-20H,2,9-11H2,1H3,(H,24,25);3*1-2H3;2H,1H3. The second-order valence-corrected chi connectivity index (χ2v) is 5.61. The van der Waals surface area contributed by atoms with Gasteiger partial charge in [0, 0.05) is 32.8 Å². The molecule has 188 valence electrons. The number of rotatable bonds is 10. The summed E-state index contributed by atoms with van der Waals surface area (Å²) in [5.74, 6) is -1.03. The lowest BCUT2D eigenvalue weighted by atomic mass is 10.2. The van der Waals surface area contributed by atoms with Gasteiger partial charge in [0.25, 0.3) is 0 Å². The molecule has 33 heavy (non-hydrogen) atoms. The minimum atomic E-state index is -1.03. The Bertz CT molecular complexity index is 727. The maximum Gasteiger partial charge on any atom is 0.354 e. The minimum absolute atomic E-state index is 0.0469. The maximum atomic E-state index is 10.9. The number of aldehydes is 1. The second kappa shape index (κ2) is 25.6. The van der Waals surface area contributed by atoms with Crippen molar-refractivity contribution in [2.24, 2.45) is 0 Å². The van der Waals surface area contributed by atoms with E-state index in [2.05, 4.69) is 27.5 Å². The van der Waals surface area contributed by atoms with E-state index in [1.54, 1.807) is 18.2 Å². The lowest BCUT2D eigenvalue weighted by Crippen LogP contribution is -2.38. The second-order valence-electron chi connectivity index (χ2n) is 5.61. The Morgan fingerprint density at radius 2 is 1.48 bits per heavy atom. The van der Waals surface area contributed by atoms with Gasteiger partial charge in [-0.25, -0.2) is 14.8 Å². The smallest absolute Gasteiger partial charge is 0.354 e. The SMILES string of the molecule is CC.CC.CC.CCC(CNCc1cccc(C(=O)O)n1)NCc1cccc(C=O)n1.CO. The third kappa shape index (κ3) is 16.6. The highest BCUT2D eigenvalue weighted by atomic mass is 16.4. The molecule has 0 bridgehead atoms. The first kappa shape index (κ1) is 34.9. The topological polar surface area (TPSA) is 124 Å². The van der Waals surface area contributed by atoms with Crippen LogP contribution in [0.15, 0.2) is 36.4 Å². The van der Waals surface area contributed by atoms with Gasteiger partial charge in [0.2, 0.25) is 0 Å². The van der Waals surface area contributed by atoms with Crippen LogP contribution in [0.5, 0.6) is 0 Å². The highest BCUT2D eigenvalue weighted by Crippen LogP contribution is 2.01. The summed E-state index contributed by atoms with van der Waals surface area (Å²) in [6, 6.07) is 10.5. The van der Waals surface area contributed by atoms with Crippen molar-refractivity contribution in [1.82, 2.24) is 20.6 Å². The molecule has 1 atom stereocenters. The first-order chi connectivity index (χ1) is 16.1. The van der Waals surface area contributed by atoms with Crippen LogP contribution in [0, 0.1) is 0 Å². The van der Waals surface area contributed by atoms with Crippen molar-refractivity contribution < 1.29 is 19.8 Å². The van der Waals surface area contributed by atoms with Crippen LogP contribution in [0.3, 0.4) is 0 Å². The van der Waals surface area contributed by atoms with Crippen LogP contribution in [0.2, 0.25) is 0 Å². The van der Waals surface area contributed by atoms with E-state index in [1.165, 1.54) is 6.07 Å². The molecule has 0 radical (unpaired) electrons. The average Bonchev–Trinajstić information content (AvgIpc) is 2.91. The number of carboxylic acids is 1. The van der Waals surface area contributed by atoms with E-state index in [0.29, 0.717) is 31.0 Å². The molecule has 2 aromatic rings. The monoisotopic (exact) mass is 464 g/mol. The lowest BCUT2D eigenvalue weighted by Gasteiger charge is -2.17. The fourth-order valence-electron chi connectivity index (χ4n) is 2.34. The summed E-state index contributed by atoms with van der Waals surface area (Å²) in [4.78, 5) is 30.0. The molecule has 1 unspecified atom stereocenters. The van der Waals surface area contributed by atoms with E-state index in [9.17, 15) is 9.59 Å². The summed E-state index contributed by atoms with van der Waals surface area (Å²) in [6.07, 6.45) is 1.66. The number of hydrogen-bond donors (Lipinski definition) is 4. The van der Waals surface area contributed by atoms with Crippen LogP contribution in [-0.4, -0.2) is 52.1 Å². The minimum Gasteiger partial charge on any atom is -0.477 e. The summed E-state index contributed by atoms with van der Waals surface area (Å²) >= 11 is 0. The number of carbonyl (C=O) groups excluding carboxylic acids is 1. The summed E-state index contributed by atoms with van der Waals surface area (Å²) in [7, 11) is 1.00. The maximum absolute atomic E-state index is 10.9. The van der Waals surface area contributed by atoms with Gasteiger partial charge < -0.3 is 20.8 Å². The largest absolute Gasteiger partial charge is 0.477 e. The van der Waals surface area contributed by atoms with Crippen molar-refractivity contribution in [3.8, 4) is 0 Å². The van der Waals surface area contributed by atoms with Crippen molar-refractivity contribution in [2.75, 3.05) is 13.7 Å². The normalized spacial score (nSPS) is 9.73. The van der Waals surface area contributed by atoms with Crippen molar-refractivity contribution in [1.29, 1.82) is 0 Å². The molecule has 0 saturated heterocycles. The van der Waals surface area contributed by atoms with Crippen LogP contribution in [0.25, 0.3) is 0 Å². The van der Waals surface area contributed by atoms with Gasteiger partial charge in [-0.1, -0.05) is 60.6 Å². The van der Waals surface area contributed by atoms with Crippen LogP contribution in [0.4, 0.5) is 0 Å². The van der Waals surface area contributed by atoms with Crippen molar-refractivity contribution in [3.63, 3.8) is 0 Å². The highest BCUT2D eigenvalue weighted by Gasteiger charge is 2.08. The van der Waals surface area contributed by atoms with E-state index >= 15 is 0 Å². The quantitative estimate of drug-likeness (QED) is 0.383. The highest BCUT2D eigenvalue weighted by molar-refractivity contribution is 5.85. The Morgan fingerprint density at radius 3 is 2.00 bits per heavy atom. The van der Waals surface area contributed by atoms with Gasteiger partial charge in [0.05, 0.1) is 11.4 Å². The summed E-state index contributed by atoms with van der Waals surface area (Å²) in [6.45, 7) is 15.9. The third-order valence-electron chi connectivity index (χ3n) is 3.74. The van der Waals surface area contributed by atoms with Gasteiger partial charge >= 0.3 is 5.97 Å². The number of pyridine rings is 2. The number of hydrogen-bond acceptors (Lipinski definition) is 7. The molecular formula is C25H44N4O4. The predicted molar refractivity (Wildman–Crippen MR) is 136 cm³/mol. The van der Waals surface area contributed by atoms with Crippen molar-refractivity contribution in [3.05, 3.63) is 59.2 Å². The molecular weight excluding hydrogens is 420 g/mol. The van der Waals surface area contributed by atoms with Crippen LogP contribution >= 0.6 is 0 Å². The molecule has 2 aromatic heterocycles. The number of aromatic nitrogens is 2. The van der Waals surface area contributed by atoms with E-state index in [1.807, 2.05) is 53.7 Å². The number of aromatic carboxylic acids is 1. The number of aliphatic hydroxyl groups excluding tert-OH is 1. The first-order valence-electron chi connectivity index (χ1n) is 11.6. The lowest BCUT2D eigenvalue weighted by molar-refractivity contribution is 0.0690. The number of carboxylic acid groups (broad SMARTS) is 1. The molecule has 4 N–H and O–H groups in total. The number of nitrogens with one attached hydrogen (secondary N) is 2. The van der Waals surface area contributed by atoms with E-state index in [-0.39, 0.29) is 11.7 Å². The molecule has 8 nitrogen and oxygen atoms in total. The number of aliphatic hydroxyl groups is 1. The van der Waals surface area contributed by atoms with Crippen molar-refractivity contribution in [2.45, 2.75) is 74.0 Å². The Morgan fingerprint density at radius 1 is 0.939 bits per heavy atom. The zero-order valence-corrected chi connectivity index (χ0v) is 21.6. The molecule has 0 spiro atoms. The molecule has 2 rings (SSSR count). The molecule has 0 saturated carbocycles. The van der Waals surface area contributed by atoms with Gasteiger partial charge in [0.15, 0.2) is 6.29 Å². The van der Waals surface area contributed by atoms with Crippen LogP contribution < -0.4 is 10.6 Å². The van der Waals surface area contributed by atoms with Gasteiger partial charge in [0.1, 0.15) is 11.4 Å². The Hall–Kier alpha value is -2.68. The van der Waals surface area contributed by atoms with Crippen LogP contribution in [0.1, 0.15) is 87.3 Å². The molecule has 0 aromatic carbocycles. The van der Waals surface area contributed by atoms with E-state index < -0.39 is 5.97 Å². The molecule has 2 heterocycles. The third-order valence-corrected chi connectivity index (χ3v) is 3.74. The summed E-state index contributed by atoms with van der Waals surface area (Å²) < 4.78 is 0. The first-order valence-corrected chi connectivity index (χ1v) is 11.6. The van der Waals surface area contributed by atoms with Gasteiger partial charge in [-0.2, -0.15) is 0 Å². The molecule has 0 fully saturated rings. The Labute approximate surface area is 199 Å². The fourth-order valence-corrected chi connectivity index (χ4v) is 2.34. The molecule has 8 heteroatoms. The average molecular weight is 465 g/mol. The zero-order valence-electron chi connectivity index (χ0n) is 21.6. The summed E-state index contributed by atoms with van der Waals surface area (Å²) in [5, 5.41) is 22.6. The number of carbonyl (C=O) groups is 2. The van der Waals surface area contributed by atoms with Crippen LogP contribution in [-0.2, 0) is 13.1 Å². The Balaban J connectivity index is -0.00000101. The van der Waals surface area contributed by atoms with Gasteiger partial charge in [-0.3, -0.25) is 4.79 Å². The number of nitrogens with zero attached hydrogens (tertiary/aromatic N) is 2. The zero-order chi connectivity index (χ0) is 26.1. The molecule has 0 aliphatic carbocycles. The predicted octanol–water partition coefficient (Wildman–Crippen LogP) is 4.33. The summed E-state index contributed by atoms with van der Waals surface area (Å²) in [5.41, 5.74) is 1.98. The fraction of sp³-hybridized carbons (Fsp3) is 0.520. The van der Waals surface area contributed by atoms with Gasteiger partial charge in [-0.15, -0.1) is 0 Å². The van der Waals surface area contributed by atoms with E-state index in [0.717, 1.165) is 25.5 Å². The molecule has 0 aliphatic heterocycles. The molecule has 0 aliphatic rings. The van der Waals surface area contributed by atoms with Gasteiger partial charge in [-0.05, 0) is 30.7 Å².